The molecule has 17 heavy (non-hydrogen) atoms. The van der Waals surface area contributed by atoms with Crippen LogP contribution in [0.3, 0.4) is 0 Å². The minimum absolute atomic E-state index is 0.155. The van der Waals surface area contributed by atoms with E-state index < -0.39 is 0 Å². The van der Waals surface area contributed by atoms with Gasteiger partial charge in [0, 0.05) is 4.88 Å². The summed E-state index contributed by atoms with van der Waals surface area (Å²) in [5.41, 5.74) is 0. The van der Waals surface area contributed by atoms with E-state index in [0.29, 0.717) is 0 Å². The Morgan fingerprint density at radius 2 is 1.82 bits per heavy atom. The average molecular weight is 268 g/mol. The van der Waals surface area contributed by atoms with E-state index in [1.54, 1.807) is 10.2 Å². The lowest BCUT2D eigenvalue weighted by Gasteiger charge is -2.19. The van der Waals surface area contributed by atoms with Crippen LogP contribution in [0.25, 0.3) is 0 Å². The zero-order valence-corrected chi connectivity index (χ0v) is 13.0. The molecule has 1 saturated carbocycles. The van der Waals surface area contributed by atoms with Crippen molar-refractivity contribution in [2.24, 2.45) is 0 Å². The maximum atomic E-state index is 2.45. The van der Waals surface area contributed by atoms with Crippen LogP contribution in [0, 0.1) is 0 Å². The summed E-state index contributed by atoms with van der Waals surface area (Å²) in [5, 5.41) is 4.13. The van der Waals surface area contributed by atoms with Gasteiger partial charge in [-0.05, 0) is 47.8 Å². The predicted octanol–water partition coefficient (Wildman–Crippen LogP) is 5.33. The Morgan fingerprint density at radius 3 is 2.41 bits per heavy atom. The third-order valence-electron chi connectivity index (χ3n) is 3.73. The average Bonchev–Trinajstić information content (AvgIpc) is 2.99. The van der Waals surface area contributed by atoms with E-state index in [9.17, 15) is 0 Å². The summed E-state index contributed by atoms with van der Waals surface area (Å²) in [6.07, 6.45) is 11.4. The summed E-state index contributed by atoms with van der Waals surface area (Å²) in [4.78, 5) is 1.77. The monoisotopic (exact) mass is 268 g/mol. The van der Waals surface area contributed by atoms with Gasteiger partial charge in [0.1, 0.15) is 0 Å². The lowest BCUT2D eigenvalue weighted by Crippen LogP contribution is -2.10. The summed E-state index contributed by atoms with van der Waals surface area (Å²) in [5.74, 6) is 0.920. The largest absolute Gasteiger partial charge is 0.148 e. The molecule has 0 unspecified atom stereocenters. The van der Waals surface area contributed by atoms with Gasteiger partial charge in [0.2, 0.25) is 0 Å². The fourth-order valence-electron chi connectivity index (χ4n) is 2.96. The standard InChI is InChI=1S/C15H25PS/c1-3-10-16(11-4-2)14-9-12-17-15(14)13-7-5-6-8-13/h9,12-13H,3-8,10-11H2,1-2H3. The molecule has 0 nitrogen and oxygen atoms in total. The van der Waals surface area contributed by atoms with Crippen molar-refractivity contribution in [2.45, 2.75) is 58.3 Å². The van der Waals surface area contributed by atoms with Crippen molar-refractivity contribution < 1.29 is 0 Å². The molecule has 1 aliphatic rings. The van der Waals surface area contributed by atoms with Gasteiger partial charge in [0.15, 0.2) is 0 Å². The van der Waals surface area contributed by atoms with Crippen molar-refractivity contribution in [1.29, 1.82) is 0 Å². The van der Waals surface area contributed by atoms with E-state index >= 15 is 0 Å². The van der Waals surface area contributed by atoms with Crippen LogP contribution in [0.5, 0.6) is 0 Å². The molecule has 0 atom stereocenters. The van der Waals surface area contributed by atoms with Gasteiger partial charge in [-0.3, -0.25) is 0 Å². The van der Waals surface area contributed by atoms with Crippen molar-refractivity contribution >= 4 is 24.6 Å². The first-order valence-electron chi connectivity index (χ1n) is 7.19. The highest BCUT2D eigenvalue weighted by molar-refractivity contribution is 7.66. The molecule has 0 aromatic carbocycles. The Kier molecular flexibility index (Phi) is 5.50. The van der Waals surface area contributed by atoms with Gasteiger partial charge >= 0.3 is 0 Å². The van der Waals surface area contributed by atoms with E-state index in [4.69, 9.17) is 0 Å². The molecule has 1 heterocycles. The molecular weight excluding hydrogens is 243 g/mol. The molecule has 2 rings (SSSR count). The van der Waals surface area contributed by atoms with Crippen LogP contribution in [-0.2, 0) is 0 Å². The Balaban J connectivity index is 2.14. The molecule has 1 aromatic heterocycles. The van der Waals surface area contributed by atoms with Gasteiger partial charge in [0.25, 0.3) is 0 Å². The predicted molar refractivity (Wildman–Crippen MR) is 82.4 cm³/mol. The fourth-order valence-corrected chi connectivity index (χ4v) is 7.14. The van der Waals surface area contributed by atoms with E-state index in [2.05, 4.69) is 25.3 Å². The van der Waals surface area contributed by atoms with Gasteiger partial charge in [0.05, 0.1) is 0 Å². The molecule has 0 saturated heterocycles. The first-order chi connectivity index (χ1) is 8.36. The second-order valence-electron chi connectivity index (χ2n) is 5.14. The summed E-state index contributed by atoms with van der Waals surface area (Å²) >= 11 is 2.04. The van der Waals surface area contributed by atoms with Crippen LogP contribution in [0.15, 0.2) is 11.4 Å². The summed E-state index contributed by atoms with van der Waals surface area (Å²) < 4.78 is 0. The van der Waals surface area contributed by atoms with E-state index in [1.807, 2.05) is 11.3 Å². The van der Waals surface area contributed by atoms with Crippen LogP contribution in [0.2, 0.25) is 0 Å². The van der Waals surface area contributed by atoms with Crippen LogP contribution in [0.4, 0.5) is 0 Å². The fraction of sp³-hybridized carbons (Fsp3) is 0.733. The molecule has 0 spiro atoms. The number of thiophene rings is 1. The minimum Gasteiger partial charge on any atom is -0.148 e. The van der Waals surface area contributed by atoms with Crippen LogP contribution >= 0.6 is 19.3 Å². The van der Waals surface area contributed by atoms with Crippen molar-refractivity contribution in [3.8, 4) is 0 Å². The van der Waals surface area contributed by atoms with Crippen molar-refractivity contribution in [3.05, 3.63) is 16.3 Å². The smallest absolute Gasteiger partial charge is 0.0153 e. The number of rotatable bonds is 6. The van der Waals surface area contributed by atoms with Crippen LogP contribution < -0.4 is 5.30 Å². The van der Waals surface area contributed by atoms with Crippen molar-refractivity contribution in [1.82, 2.24) is 0 Å². The van der Waals surface area contributed by atoms with Crippen LogP contribution in [0.1, 0.15) is 63.2 Å². The minimum atomic E-state index is 0.155. The molecule has 96 valence electrons. The van der Waals surface area contributed by atoms with Gasteiger partial charge in [-0.2, -0.15) is 0 Å². The van der Waals surface area contributed by atoms with E-state index in [-0.39, 0.29) is 7.92 Å². The molecule has 0 N–H and O–H groups in total. The number of hydrogen-bond acceptors (Lipinski definition) is 1. The Hall–Kier alpha value is 0.130. The van der Waals surface area contributed by atoms with Crippen molar-refractivity contribution in [2.75, 3.05) is 12.3 Å². The molecule has 2 heteroatoms. The third kappa shape index (κ3) is 3.32. The molecule has 0 bridgehead atoms. The Morgan fingerprint density at radius 1 is 1.18 bits per heavy atom. The summed E-state index contributed by atoms with van der Waals surface area (Å²) in [6, 6.07) is 2.45. The summed E-state index contributed by atoms with van der Waals surface area (Å²) in [7, 11) is 0.155. The Labute approximate surface area is 112 Å². The first kappa shape index (κ1) is 13.6. The van der Waals surface area contributed by atoms with Crippen molar-refractivity contribution in [3.63, 3.8) is 0 Å². The lowest BCUT2D eigenvalue weighted by atomic mass is 10.1. The lowest BCUT2D eigenvalue weighted by molar-refractivity contribution is 0.741. The maximum absolute atomic E-state index is 2.45. The normalized spacial score (nSPS) is 17.1. The zero-order chi connectivity index (χ0) is 12.1. The SMILES string of the molecule is CCCP(CCC)c1ccsc1C1CCCC1. The molecule has 0 aliphatic heterocycles. The van der Waals surface area contributed by atoms with E-state index in [0.717, 1.165) is 5.92 Å². The van der Waals surface area contributed by atoms with Crippen LogP contribution in [-0.4, -0.2) is 12.3 Å². The first-order valence-corrected chi connectivity index (χ1v) is 9.78. The highest BCUT2D eigenvalue weighted by Crippen LogP contribution is 2.44. The van der Waals surface area contributed by atoms with Gasteiger partial charge in [-0.1, -0.05) is 47.5 Å². The molecule has 1 fully saturated rings. The molecule has 0 amide bonds. The molecule has 0 radical (unpaired) electrons. The van der Waals surface area contributed by atoms with Gasteiger partial charge in [-0.15, -0.1) is 11.3 Å². The Bertz CT molecular complexity index is 319. The molecule has 1 aliphatic carbocycles. The zero-order valence-electron chi connectivity index (χ0n) is 11.2. The quantitative estimate of drug-likeness (QED) is 0.611. The molecular formula is C15H25PS. The maximum Gasteiger partial charge on any atom is 0.0153 e. The third-order valence-corrected chi connectivity index (χ3v) is 8.00. The second-order valence-corrected chi connectivity index (χ2v) is 8.54. The highest BCUT2D eigenvalue weighted by Gasteiger charge is 2.23. The topological polar surface area (TPSA) is 0 Å². The second kappa shape index (κ2) is 6.90. The summed E-state index contributed by atoms with van der Waals surface area (Å²) in [6.45, 7) is 4.68. The molecule has 1 aromatic rings. The van der Waals surface area contributed by atoms with Gasteiger partial charge < -0.3 is 0 Å². The van der Waals surface area contributed by atoms with E-state index in [1.165, 1.54) is 50.8 Å². The number of hydrogen-bond donors (Lipinski definition) is 0. The highest BCUT2D eigenvalue weighted by atomic mass is 32.1. The van der Waals surface area contributed by atoms with Gasteiger partial charge in [-0.25, -0.2) is 0 Å².